The second kappa shape index (κ2) is 54.0. The van der Waals surface area contributed by atoms with Gasteiger partial charge in [-0.3, -0.25) is 9.59 Å². The monoisotopic (exact) mass is 902 g/mol. The Kier molecular flexibility index (Phi) is 52.6. The molecule has 0 aromatic rings. The van der Waals surface area contributed by atoms with E-state index < -0.39 is 12.1 Å². The summed E-state index contributed by atoms with van der Waals surface area (Å²) in [6.07, 6.45) is 65.0. The minimum atomic E-state index is -0.841. The lowest BCUT2D eigenvalue weighted by atomic mass is 10.0. The van der Waals surface area contributed by atoms with E-state index in [0.717, 1.165) is 44.9 Å². The number of esters is 1. The molecule has 1 amide bonds. The Morgan fingerprint density at radius 3 is 1.11 bits per heavy atom. The number of amides is 1. The Hall–Kier alpha value is -1.66. The summed E-state index contributed by atoms with van der Waals surface area (Å²) in [5.74, 6) is -0.0630. The predicted molar refractivity (Wildman–Crippen MR) is 278 cm³/mol. The molecule has 0 saturated carbocycles. The minimum absolute atomic E-state index is 0.00620. The molecular formula is C58H111NO5. The van der Waals surface area contributed by atoms with Crippen molar-refractivity contribution in [1.29, 1.82) is 0 Å². The molecule has 0 aromatic carbocycles. The molecular weight excluding hydrogens is 791 g/mol. The maximum Gasteiger partial charge on any atom is 0.305 e. The first kappa shape index (κ1) is 62.3. The number of carbonyl (C=O) groups excluding carboxylic acids is 2. The van der Waals surface area contributed by atoms with E-state index in [0.29, 0.717) is 19.4 Å². The normalized spacial score (nSPS) is 12.8. The molecule has 0 rings (SSSR count). The van der Waals surface area contributed by atoms with Crippen LogP contribution in [-0.4, -0.2) is 47.4 Å². The van der Waals surface area contributed by atoms with E-state index in [2.05, 4.69) is 31.3 Å². The average Bonchev–Trinajstić information content (AvgIpc) is 3.29. The zero-order valence-corrected chi connectivity index (χ0v) is 43.0. The van der Waals surface area contributed by atoms with Gasteiger partial charge in [0.1, 0.15) is 0 Å². The van der Waals surface area contributed by atoms with Crippen LogP contribution in [-0.2, 0) is 14.3 Å². The first-order valence-electron chi connectivity index (χ1n) is 28.6. The lowest BCUT2D eigenvalue weighted by Crippen LogP contribution is -2.45. The number of allylic oxidation sites excluding steroid dienone is 3. The quantitative estimate of drug-likeness (QED) is 0.0321. The highest BCUT2D eigenvalue weighted by Crippen LogP contribution is 2.17. The number of aliphatic hydroxyl groups excluding tert-OH is 2. The van der Waals surface area contributed by atoms with Crippen molar-refractivity contribution in [3.8, 4) is 0 Å². The average molecular weight is 903 g/mol. The summed E-state index contributed by atoms with van der Waals surface area (Å²) in [6.45, 7) is 4.87. The van der Waals surface area contributed by atoms with Crippen molar-refractivity contribution in [3.05, 3.63) is 24.3 Å². The Morgan fingerprint density at radius 1 is 0.422 bits per heavy atom. The zero-order chi connectivity index (χ0) is 46.5. The standard InChI is InChI=1S/C58H111NO5/c1-3-5-7-9-11-13-14-15-29-32-36-40-44-48-52-58(63)64-53-49-45-41-37-33-30-27-25-23-21-19-17-16-18-20-22-24-26-28-31-35-39-43-47-51-57(62)59-55(54-60)56(61)50-46-42-38-34-12-10-8-6-4-2/h14-15,46,50,55-56,60-61H,3-13,16-45,47-49,51-54H2,1-2H3,(H,59,62)/b15-14-,50-46+. The summed E-state index contributed by atoms with van der Waals surface area (Å²) in [5.41, 5.74) is 0. The molecule has 0 fully saturated rings. The Morgan fingerprint density at radius 2 is 0.734 bits per heavy atom. The van der Waals surface area contributed by atoms with Crippen molar-refractivity contribution in [2.45, 2.75) is 321 Å². The number of aliphatic hydroxyl groups is 2. The van der Waals surface area contributed by atoms with Crippen LogP contribution in [0.25, 0.3) is 0 Å². The van der Waals surface area contributed by atoms with Gasteiger partial charge in [-0.25, -0.2) is 0 Å². The van der Waals surface area contributed by atoms with Gasteiger partial charge in [0.25, 0.3) is 0 Å². The highest BCUT2D eigenvalue weighted by Gasteiger charge is 2.18. The molecule has 0 spiro atoms. The summed E-state index contributed by atoms with van der Waals surface area (Å²) in [4.78, 5) is 24.4. The number of hydrogen-bond acceptors (Lipinski definition) is 5. The van der Waals surface area contributed by atoms with Crippen LogP contribution < -0.4 is 5.32 Å². The van der Waals surface area contributed by atoms with Crippen molar-refractivity contribution < 1.29 is 24.5 Å². The van der Waals surface area contributed by atoms with E-state index in [-0.39, 0.29) is 18.5 Å². The fourth-order valence-corrected chi connectivity index (χ4v) is 8.81. The minimum Gasteiger partial charge on any atom is -0.466 e. The van der Waals surface area contributed by atoms with Crippen LogP contribution >= 0.6 is 0 Å². The van der Waals surface area contributed by atoms with Crippen LogP contribution in [0.4, 0.5) is 0 Å². The molecule has 0 radical (unpaired) electrons. The topological polar surface area (TPSA) is 95.9 Å². The number of ether oxygens (including phenoxy) is 1. The van der Waals surface area contributed by atoms with E-state index >= 15 is 0 Å². The van der Waals surface area contributed by atoms with Gasteiger partial charge >= 0.3 is 5.97 Å². The highest BCUT2D eigenvalue weighted by atomic mass is 16.5. The Labute approximate surface area is 399 Å². The number of unbranched alkanes of at least 4 members (excludes halogenated alkanes) is 40. The fraction of sp³-hybridized carbons (Fsp3) is 0.897. The summed E-state index contributed by atoms with van der Waals surface area (Å²) in [5, 5.41) is 22.9. The third kappa shape index (κ3) is 49.8. The molecule has 378 valence electrons. The van der Waals surface area contributed by atoms with E-state index in [9.17, 15) is 19.8 Å². The largest absolute Gasteiger partial charge is 0.466 e. The molecule has 6 nitrogen and oxygen atoms in total. The lowest BCUT2D eigenvalue weighted by molar-refractivity contribution is -0.143. The predicted octanol–water partition coefficient (Wildman–Crippen LogP) is 17.5. The summed E-state index contributed by atoms with van der Waals surface area (Å²) in [6, 6.07) is -0.624. The van der Waals surface area contributed by atoms with Gasteiger partial charge in [-0.1, -0.05) is 263 Å². The van der Waals surface area contributed by atoms with Crippen molar-refractivity contribution >= 4 is 11.9 Å². The van der Waals surface area contributed by atoms with Crippen LogP contribution in [0.3, 0.4) is 0 Å². The molecule has 0 saturated heterocycles. The lowest BCUT2D eigenvalue weighted by Gasteiger charge is -2.20. The SMILES string of the molecule is CCCCCCC/C=C\CCCCCCCC(=O)OCCCCCCCCCCCCCCCCCCCCCCCCCCC(=O)NC(CO)C(O)/C=C/CCCCCCCCC. The summed E-state index contributed by atoms with van der Waals surface area (Å²) in [7, 11) is 0. The maximum atomic E-state index is 12.4. The number of hydrogen-bond donors (Lipinski definition) is 3. The van der Waals surface area contributed by atoms with E-state index in [1.54, 1.807) is 6.08 Å². The van der Waals surface area contributed by atoms with Gasteiger partial charge in [0, 0.05) is 12.8 Å². The Bertz CT molecular complexity index is 997. The smallest absolute Gasteiger partial charge is 0.305 e. The maximum absolute atomic E-state index is 12.4. The summed E-state index contributed by atoms with van der Waals surface area (Å²) >= 11 is 0. The van der Waals surface area contributed by atoms with Crippen molar-refractivity contribution in [3.63, 3.8) is 0 Å². The van der Waals surface area contributed by atoms with Crippen molar-refractivity contribution in [1.82, 2.24) is 5.32 Å². The molecule has 0 heterocycles. The van der Waals surface area contributed by atoms with Crippen LogP contribution in [0.1, 0.15) is 309 Å². The van der Waals surface area contributed by atoms with Gasteiger partial charge in [-0.2, -0.15) is 0 Å². The fourth-order valence-electron chi connectivity index (χ4n) is 8.81. The number of nitrogens with one attached hydrogen (secondary N) is 1. The molecule has 0 aliphatic rings. The highest BCUT2D eigenvalue weighted by molar-refractivity contribution is 5.76. The molecule has 0 aliphatic heterocycles. The number of carbonyl (C=O) groups is 2. The van der Waals surface area contributed by atoms with E-state index in [4.69, 9.17) is 4.74 Å². The second-order valence-electron chi connectivity index (χ2n) is 19.6. The molecule has 0 bridgehead atoms. The van der Waals surface area contributed by atoms with E-state index in [1.165, 1.54) is 238 Å². The van der Waals surface area contributed by atoms with E-state index in [1.807, 2.05) is 6.08 Å². The Balaban J connectivity index is 3.35. The molecule has 0 aliphatic carbocycles. The van der Waals surface area contributed by atoms with Gasteiger partial charge in [-0.15, -0.1) is 0 Å². The first-order chi connectivity index (χ1) is 31.5. The van der Waals surface area contributed by atoms with Gasteiger partial charge in [0.05, 0.1) is 25.4 Å². The van der Waals surface area contributed by atoms with Crippen molar-refractivity contribution in [2.24, 2.45) is 0 Å². The van der Waals surface area contributed by atoms with Crippen LogP contribution in [0.5, 0.6) is 0 Å². The first-order valence-corrected chi connectivity index (χ1v) is 28.6. The molecule has 3 N–H and O–H groups in total. The van der Waals surface area contributed by atoms with Crippen LogP contribution in [0.15, 0.2) is 24.3 Å². The third-order valence-corrected chi connectivity index (χ3v) is 13.2. The molecule has 0 aromatic heterocycles. The zero-order valence-electron chi connectivity index (χ0n) is 43.0. The van der Waals surface area contributed by atoms with Crippen LogP contribution in [0.2, 0.25) is 0 Å². The number of rotatable bonds is 53. The molecule has 2 atom stereocenters. The van der Waals surface area contributed by atoms with Crippen molar-refractivity contribution in [2.75, 3.05) is 13.2 Å². The van der Waals surface area contributed by atoms with Gasteiger partial charge in [-0.05, 0) is 57.8 Å². The van der Waals surface area contributed by atoms with Gasteiger partial charge < -0.3 is 20.3 Å². The molecule has 64 heavy (non-hydrogen) atoms. The summed E-state index contributed by atoms with van der Waals surface area (Å²) < 4.78 is 5.47. The molecule has 2 unspecified atom stereocenters. The van der Waals surface area contributed by atoms with Gasteiger partial charge in [0.15, 0.2) is 0 Å². The van der Waals surface area contributed by atoms with Gasteiger partial charge in [0.2, 0.25) is 5.91 Å². The molecule has 6 heteroatoms. The van der Waals surface area contributed by atoms with Crippen LogP contribution in [0, 0.1) is 0 Å². The second-order valence-corrected chi connectivity index (χ2v) is 19.6. The third-order valence-electron chi connectivity index (χ3n) is 13.2.